The molecule has 0 saturated heterocycles. The molecular formula is C12H9Cl2N3O. The van der Waals surface area contributed by atoms with Crippen LogP contribution in [0.4, 0.5) is 0 Å². The number of amides is 1. The molecule has 0 unspecified atom stereocenters. The van der Waals surface area contributed by atoms with Crippen LogP contribution in [-0.4, -0.2) is 15.9 Å². The highest BCUT2D eigenvalue weighted by Crippen LogP contribution is 2.30. The van der Waals surface area contributed by atoms with Gasteiger partial charge < -0.3 is 5.73 Å². The molecule has 0 aliphatic heterocycles. The van der Waals surface area contributed by atoms with Crippen LogP contribution in [0, 0.1) is 0 Å². The fourth-order valence-electron chi connectivity index (χ4n) is 1.59. The quantitative estimate of drug-likeness (QED) is 0.879. The summed E-state index contributed by atoms with van der Waals surface area (Å²) in [4.78, 5) is 19.1. The van der Waals surface area contributed by atoms with E-state index in [1.807, 2.05) is 6.07 Å². The lowest BCUT2D eigenvalue weighted by Crippen LogP contribution is -2.15. The first-order valence-corrected chi connectivity index (χ1v) is 5.87. The Morgan fingerprint density at radius 3 is 2.72 bits per heavy atom. The van der Waals surface area contributed by atoms with Gasteiger partial charge in [0.05, 0.1) is 17.1 Å². The van der Waals surface area contributed by atoms with Gasteiger partial charge in [-0.25, -0.2) is 4.98 Å². The second kappa shape index (κ2) is 5.33. The highest BCUT2D eigenvalue weighted by Gasteiger charge is 2.12. The molecule has 0 fully saturated rings. The van der Waals surface area contributed by atoms with Crippen molar-refractivity contribution < 1.29 is 4.79 Å². The fraction of sp³-hybridized carbons (Fsp3) is 0.0833. The Hall–Kier alpha value is -1.65. The van der Waals surface area contributed by atoms with Crippen molar-refractivity contribution >= 4 is 29.1 Å². The Balaban J connectivity index is 2.53. The predicted octanol–water partition coefficient (Wildman–Crippen LogP) is 2.48. The lowest BCUT2D eigenvalue weighted by Gasteiger charge is -2.08. The zero-order valence-electron chi connectivity index (χ0n) is 9.23. The first-order valence-electron chi connectivity index (χ1n) is 5.11. The molecule has 0 aliphatic carbocycles. The molecule has 18 heavy (non-hydrogen) atoms. The maximum atomic E-state index is 11.0. The minimum absolute atomic E-state index is 0.0507. The largest absolute Gasteiger partial charge is 0.369 e. The molecule has 92 valence electrons. The normalized spacial score (nSPS) is 10.3. The molecule has 2 rings (SSSR count). The number of nitrogens with two attached hydrogens (primary N) is 1. The molecule has 0 aliphatic rings. The summed E-state index contributed by atoms with van der Waals surface area (Å²) in [6, 6.07) is 5.10. The van der Waals surface area contributed by atoms with Gasteiger partial charge >= 0.3 is 0 Å². The molecule has 0 bridgehead atoms. The van der Waals surface area contributed by atoms with Gasteiger partial charge in [-0.2, -0.15) is 0 Å². The van der Waals surface area contributed by atoms with E-state index in [1.165, 1.54) is 0 Å². The maximum Gasteiger partial charge on any atom is 0.223 e. The molecular weight excluding hydrogens is 273 g/mol. The van der Waals surface area contributed by atoms with E-state index >= 15 is 0 Å². The summed E-state index contributed by atoms with van der Waals surface area (Å²) >= 11 is 11.8. The maximum absolute atomic E-state index is 11.0. The molecule has 0 radical (unpaired) electrons. The number of carbonyl (C=O) groups is 1. The van der Waals surface area contributed by atoms with Crippen LogP contribution in [0.25, 0.3) is 11.1 Å². The molecule has 6 heteroatoms. The number of primary amides is 1. The van der Waals surface area contributed by atoms with E-state index in [0.29, 0.717) is 21.4 Å². The average Bonchev–Trinajstić information content (AvgIpc) is 2.30. The van der Waals surface area contributed by atoms with E-state index in [-0.39, 0.29) is 6.42 Å². The number of rotatable bonds is 3. The number of aromatic nitrogens is 2. The molecule has 0 spiro atoms. The van der Waals surface area contributed by atoms with E-state index in [9.17, 15) is 4.79 Å². The van der Waals surface area contributed by atoms with E-state index in [4.69, 9.17) is 28.9 Å². The standard InChI is InChI=1S/C12H9Cl2N3O/c13-9-4-11(14)17-6-8(9)7-2-1-3-16-10(7)5-12(15)18/h1-4,6H,5H2,(H2,15,18). The van der Waals surface area contributed by atoms with E-state index in [2.05, 4.69) is 9.97 Å². The van der Waals surface area contributed by atoms with Crippen LogP contribution < -0.4 is 5.73 Å². The summed E-state index contributed by atoms with van der Waals surface area (Å²) in [5.74, 6) is -0.451. The first-order chi connectivity index (χ1) is 8.58. The number of halogens is 2. The molecule has 0 aromatic carbocycles. The number of carbonyl (C=O) groups excluding carboxylic acids is 1. The zero-order valence-corrected chi connectivity index (χ0v) is 10.7. The van der Waals surface area contributed by atoms with Crippen LogP contribution in [0.15, 0.2) is 30.6 Å². The van der Waals surface area contributed by atoms with Gasteiger partial charge in [0, 0.05) is 23.5 Å². The Labute approximate surface area is 114 Å². The molecule has 2 heterocycles. The van der Waals surface area contributed by atoms with E-state index in [1.54, 1.807) is 24.5 Å². The highest BCUT2D eigenvalue weighted by atomic mass is 35.5. The molecule has 4 nitrogen and oxygen atoms in total. The number of pyridine rings is 2. The van der Waals surface area contributed by atoms with Crippen LogP contribution in [0.3, 0.4) is 0 Å². The van der Waals surface area contributed by atoms with Gasteiger partial charge in [0.2, 0.25) is 5.91 Å². The minimum atomic E-state index is -0.451. The number of nitrogens with zero attached hydrogens (tertiary/aromatic N) is 2. The third-order valence-corrected chi connectivity index (χ3v) is 2.86. The van der Waals surface area contributed by atoms with Crippen LogP contribution in [0.2, 0.25) is 10.2 Å². The second-order valence-electron chi connectivity index (χ2n) is 3.63. The van der Waals surface area contributed by atoms with E-state index in [0.717, 1.165) is 5.56 Å². The van der Waals surface area contributed by atoms with Crippen LogP contribution in [0.1, 0.15) is 5.69 Å². The lowest BCUT2D eigenvalue weighted by molar-refractivity contribution is -0.117. The van der Waals surface area contributed by atoms with Crippen LogP contribution in [-0.2, 0) is 11.2 Å². The van der Waals surface area contributed by atoms with Crippen molar-refractivity contribution in [3.63, 3.8) is 0 Å². The van der Waals surface area contributed by atoms with Gasteiger partial charge in [0.25, 0.3) is 0 Å². The Bertz CT molecular complexity index is 602. The van der Waals surface area contributed by atoms with Crippen molar-refractivity contribution in [3.8, 4) is 11.1 Å². The van der Waals surface area contributed by atoms with Crippen molar-refractivity contribution in [3.05, 3.63) is 46.5 Å². The molecule has 1 amide bonds. The smallest absolute Gasteiger partial charge is 0.223 e. The predicted molar refractivity (Wildman–Crippen MR) is 70.4 cm³/mol. The second-order valence-corrected chi connectivity index (χ2v) is 4.42. The van der Waals surface area contributed by atoms with Gasteiger partial charge in [-0.3, -0.25) is 9.78 Å². The van der Waals surface area contributed by atoms with Gasteiger partial charge in [-0.1, -0.05) is 29.3 Å². The summed E-state index contributed by atoms with van der Waals surface area (Å²) in [5.41, 5.74) is 7.15. The van der Waals surface area contributed by atoms with Crippen molar-refractivity contribution in [2.75, 3.05) is 0 Å². The summed E-state index contributed by atoms with van der Waals surface area (Å²) in [6.07, 6.45) is 3.19. The zero-order chi connectivity index (χ0) is 13.1. The highest BCUT2D eigenvalue weighted by molar-refractivity contribution is 6.35. The monoisotopic (exact) mass is 281 g/mol. The number of hydrogen-bond donors (Lipinski definition) is 1. The molecule has 2 aromatic rings. The molecule has 2 N–H and O–H groups in total. The van der Waals surface area contributed by atoms with Crippen molar-refractivity contribution in [2.24, 2.45) is 5.73 Å². The SMILES string of the molecule is NC(=O)Cc1ncccc1-c1cnc(Cl)cc1Cl. The third-order valence-electron chi connectivity index (χ3n) is 2.34. The summed E-state index contributed by atoms with van der Waals surface area (Å²) in [5, 5.41) is 0.762. The summed E-state index contributed by atoms with van der Waals surface area (Å²) in [6.45, 7) is 0. The molecule has 0 atom stereocenters. The van der Waals surface area contributed by atoms with Crippen LogP contribution in [0.5, 0.6) is 0 Å². The molecule has 0 saturated carbocycles. The van der Waals surface area contributed by atoms with Crippen molar-refractivity contribution in [1.29, 1.82) is 0 Å². The van der Waals surface area contributed by atoms with Gasteiger partial charge in [-0.05, 0) is 12.1 Å². The Morgan fingerprint density at radius 2 is 2.06 bits per heavy atom. The number of hydrogen-bond acceptors (Lipinski definition) is 3. The minimum Gasteiger partial charge on any atom is -0.369 e. The lowest BCUT2D eigenvalue weighted by atomic mass is 10.0. The van der Waals surface area contributed by atoms with Crippen LogP contribution >= 0.6 is 23.2 Å². The topological polar surface area (TPSA) is 68.9 Å². The Kier molecular flexibility index (Phi) is 3.79. The summed E-state index contributed by atoms with van der Waals surface area (Å²) < 4.78 is 0. The average molecular weight is 282 g/mol. The van der Waals surface area contributed by atoms with Crippen molar-refractivity contribution in [2.45, 2.75) is 6.42 Å². The third kappa shape index (κ3) is 2.78. The van der Waals surface area contributed by atoms with Gasteiger partial charge in [0.15, 0.2) is 0 Å². The molecule has 2 aromatic heterocycles. The first kappa shape index (κ1) is 12.8. The van der Waals surface area contributed by atoms with E-state index < -0.39 is 5.91 Å². The Morgan fingerprint density at radius 1 is 1.28 bits per heavy atom. The van der Waals surface area contributed by atoms with Gasteiger partial charge in [-0.15, -0.1) is 0 Å². The van der Waals surface area contributed by atoms with Crippen molar-refractivity contribution in [1.82, 2.24) is 9.97 Å². The van der Waals surface area contributed by atoms with Gasteiger partial charge in [0.1, 0.15) is 5.15 Å². The fourth-order valence-corrected chi connectivity index (χ4v) is 2.06. The summed E-state index contributed by atoms with van der Waals surface area (Å²) in [7, 11) is 0.